The van der Waals surface area contributed by atoms with Crippen LogP contribution in [0.2, 0.25) is 0 Å². The van der Waals surface area contributed by atoms with E-state index in [1.54, 1.807) is 6.07 Å². The third-order valence-electron chi connectivity index (χ3n) is 3.42. The van der Waals surface area contributed by atoms with Crippen LogP contribution in [0.3, 0.4) is 0 Å². The maximum atomic E-state index is 11.5. The minimum atomic E-state index is -0.311. The van der Waals surface area contributed by atoms with Crippen LogP contribution in [0.15, 0.2) is 18.2 Å². The molecule has 0 saturated carbocycles. The first-order chi connectivity index (χ1) is 8.70. The van der Waals surface area contributed by atoms with Gasteiger partial charge in [0.1, 0.15) is 0 Å². The number of hydrogen-bond acceptors (Lipinski definition) is 4. The summed E-state index contributed by atoms with van der Waals surface area (Å²) in [6, 6.07) is 6.01. The molecular formula is C13H15N3O2. The van der Waals surface area contributed by atoms with E-state index in [4.69, 9.17) is 4.74 Å². The van der Waals surface area contributed by atoms with Crippen molar-refractivity contribution in [3.8, 4) is 0 Å². The average Bonchev–Trinajstić information content (AvgIpc) is 2.63. The van der Waals surface area contributed by atoms with Crippen molar-refractivity contribution in [1.29, 1.82) is 0 Å². The molecule has 0 aliphatic carbocycles. The maximum Gasteiger partial charge on any atom is 0.337 e. The normalized spacial score (nSPS) is 15.7. The summed E-state index contributed by atoms with van der Waals surface area (Å²) in [6.45, 7) is 3.87. The molecule has 0 unspecified atom stereocenters. The summed E-state index contributed by atoms with van der Waals surface area (Å²) in [4.78, 5) is 11.5. The highest BCUT2D eigenvalue weighted by Gasteiger charge is 2.22. The van der Waals surface area contributed by atoms with Gasteiger partial charge in [0.05, 0.1) is 29.9 Å². The first kappa shape index (κ1) is 11.2. The lowest BCUT2D eigenvalue weighted by molar-refractivity contribution is 0.0601. The van der Waals surface area contributed by atoms with Gasteiger partial charge in [-0.15, -0.1) is 0 Å². The molecular weight excluding hydrogens is 230 g/mol. The van der Waals surface area contributed by atoms with Gasteiger partial charge in [-0.1, -0.05) is 0 Å². The summed E-state index contributed by atoms with van der Waals surface area (Å²) in [7, 11) is 1.39. The summed E-state index contributed by atoms with van der Waals surface area (Å²) >= 11 is 0. The van der Waals surface area contributed by atoms with Crippen molar-refractivity contribution in [1.82, 2.24) is 15.1 Å². The van der Waals surface area contributed by atoms with E-state index in [1.165, 1.54) is 7.11 Å². The molecule has 0 bridgehead atoms. The number of esters is 1. The van der Waals surface area contributed by atoms with Gasteiger partial charge in [0.25, 0.3) is 0 Å². The first-order valence-electron chi connectivity index (χ1n) is 5.98. The number of carbonyl (C=O) groups excluding carboxylic acids is 1. The van der Waals surface area contributed by atoms with Crippen molar-refractivity contribution in [3.63, 3.8) is 0 Å². The number of aryl methyl sites for hydroxylation is 1. The van der Waals surface area contributed by atoms with Gasteiger partial charge in [0.15, 0.2) is 0 Å². The van der Waals surface area contributed by atoms with Gasteiger partial charge in [0.2, 0.25) is 0 Å². The SMILES string of the molecule is COC(=O)c1ccc2c(c1)c(C)nn2C1CNC1. The van der Waals surface area contributed by atoms with Crippen LogP contribution in [0.25, 0.3) is 10.9 Å². The van der Waals surface area contributed by atoms with E-state index < -0.39 is 0 Å². The molecule has 0 spiro atoms. The smallest absolute Gasteiger partial charge is 0.337 e. The van der Waals surface area contributed by atoms with Crippen molar-refractivity contribution in [2.75, 3.05) is 20.2 Å². The largest absolute Gasteiger partial charge is 0.465 e. The van der Waals surface area contributed by atoms with Gasteiger partial charge in [0, 0.05) is 18.5 Å². The predicted octanol–water partition coefficient (Wildman–Crippen LogP) is 1.28. The lowest BCUT2D eigenvalue weighted by atomic mass is 10.1. The second kappa shape index (κ2) is 4.10. The zero-order valence-electron chi connectivity index (χ0n) is 10.4. The minimum Gasteiger partial charge on any atom is -0.465 e. The van der Waals surface area contributed by atoms with Gasteiger partial charge >= 0.3 is 5.97 Å². The standard InChI is InChI=1S/C13H15N3O2/c1-8-11-5-9(13(17)18-2)3-4-12(11)16(15-8)10-6-14-7-10/h3-5,10,14H,6-7H2,1-2H3. The fourth-order valence-corrected chi connectivity index (χ4v) is 2.26. The fourth-order valence-electron chi connectivity index (χ4n) is 2.26. The van der Waals surface area contributed by atoms with E-state index in [-0.39, 0.29) is 5.97 Å². The van der Waals surface area contributed by atoms with Gasteiger partial charge in [-0.2, -0.15) is 5.10 Å². The lowest BCUT2D eigenvalue weighted by Crippen LogP contribution is -2.43. The highest BCUT2D eigenvalue weighted by atomic mass is 16.5. The number of ether oxygens (including phenoxy) is 1. The van der Waals surface area contributed by atoms with E-state index in [1.807, 2.05) is 23.7 Å². The second-order valence-electron chi connectivity index (χ2n) is 4.57. The van der Waals surface area contributed by atoms with Crippen molar-refractivity contribution >= 4 is 16.9 Å². The number of nitrogens with one attached hydrogen (secondary N) is 1. The molecule has 18 heavy (non-hydrogen) atoms. The van der Waals surface area contributed by atoms with Crippen LogP contribution in [0.5, 0.6) is 0 Å². The maximum absolute atomic E-state index is 11.5. The Morgan fingerprint density at radius 3 is 2.89 bits per heavy atom. The number of fused-ring (bicyclic) bond motifs is 1. The second-order valence-corrected chi connectivity index (χ2v) is 4.57. The predicted molar refractivity (Wildman–Crippen MR) is 67.7 cm³/mol. The number of benzene rings is 1. The summed E-state index contributed by atoms with van der Waals surface area (Å²) in [5.74, 6) is -0.311. The van der Waals surface area contributed by atoms with Crippen LogP contribution in [0, 0.1) is 6.92 Å². The Balaban J connectivity index is 2.11. The minimum absolute atomic E-state index is 0.311. The average molecular weight is 245 g/mol. The van der Waals surface area contributed by atoms with E-state index >= 15 is 0 Å². The Kier molecular flexibility index (Phi) is 2.56. The molecule has 1 aromatic carbocycles. The van der Waals surface area contributed by atoms with Crippen LogP contribution < -0.4 is 5.32 Å². The molecule has 2 heterocycles. The molecule has 2 aromatic rings. The number of aromatic nitrogens is 2. The van der Waals surface area contributed by atoms with Crippen molar-refractivity contribution in [2.45, 2.75) is 13.0 Å². The Bertz CT molecular complexity index is 614. The molecule has 1 aromatic heterocycles. The van der Waals surface area contributed by atoms with Crippen LogP contribution >= 0.6 is 0 Å². The number of hydrogen-bond donors (Lipinski definition) is 1. The summed E-state index contributed by atoms with van der Waals surface area (Å²) < 4.78 is 6.78. The molecule has 1 aliphatic heterocycles. The molecule has 1 fully saturated rings. The molecule has 1 N–H and O–H groups in total. The third kappa shape index (κ3) is 1.59. The summed E-state index contributed by atoms with van der Waals surface area (Å²) in [6.07, 6.45) is 0. The van der Waals surface area contributed by atoms with E-state index in [0.29, 0.717) is 11.6 Å². The summed E-state index contributed by atoms with van der Waals surface area (Å²) in [5.41, 5.74) is 2.59. The Labute approximate surface area is 105 Å². The first-order valence-corrected chi connectivity index (χ1v) is 5.98. The zero-order chi connectivity index (χ0) is 12.7. The summed E-state index contributed by atoms with van der Waals surface area (Å²) in [5, 5.41) is 8.82. The number of rotatable bonds is 2. The highest BCUT2D eigenvalue weighted by molar-refractivity contribution is 5.95. The molecule has 5 nitrogen and oxygen atoms in total. The molecule has 0 radical (unpaired) electrons. The molecule has 3 rings (SSSR count). The van der Waals surface area contributed by atoms with Gasteiger partial charge in [-0.05, 0) is 25.1 Å². The quantitative estimate of drug-likeness (QED) is 0.810. The third-order valence-corrected chi connectivity index (χ3v) is 3.42. The monoisotopic (exact) mass is 245 g/mol. The van der Waals surface area contributed by atoms with Crippen LogP contribution in [0.4, 0.5) is 0 Å². The Morgan fingerprint density at radius 2 is 2.28 bits per heavy atom. The highest BCUT2D eigenvalue weighted by Crippen LogP contribution is 2.24. The molecule has 0 amide bonds. The topological polar surface area (TPSA) is 56.1 Å². The van der Waals surface area contributed by atoms with Crippen LogP contribution in [0.1, 0.15) is 22.1 Å². The van der Waals surface area contributed by atoms with E-state index in [9.17, 15) is 4.79 Å². The van der Waals surface area contributed by atoms with E-state index in [0.717, 1.165) is 29.7 Å². The zero-order valence-corrected chi connectivity index (χ0v) is 10.4. The van der Waals surface area contributed by atoms with Gasteiger partial charge in [-0.3, -0.25) is 4.68 Å². The fraction of sp³-hybridized carbons (Fsp3) is 0.385. The Hall–Kier alpha value is -1.88. The Morgan fingerprint density at radius 1 is 1.50 bits per heavy atom. The van der Waals surface area contributed by atoms with E-state index in [2.05, 4.69) is 10.4 Å². The van der Waals surface area contributed by atoms with Crippen molar-refractivity contribution in [2.24, 2.45) is 0 Å². The van der Waals surface area contributed by atoms with Gasteiger partial charge < -0.3 is 10.1 Å². The van der Waals surface area contributed by atoms with Gasteiger partial charge in [-0.25, -0.2) is 4.79 Å². The lowest BCUT2D eigenvalue weighted by Gasteiger charge is -2.27. The van der Waals surface area contributed by atoms with Crippen molar-refractivity contribution < 1.29 is 9.53 Å². The van der Waals surface area contributed by atoms with Crippen LogP contribution in [-0.2, 0) is 4.74 Å². The molecule has 5 heteroatoms. The molecule has 1 aliphatic rings. The molecule has 1 saturated heterocycles. The number of methoxy groups -OCH3 is 1. The van der Waals surface area contributed by atoms with Crippen LogP contribution in [-0.4, -0.2) is 35.9 Å². The molecule has 0 atom stereocenters. The number of carbonyl (C=O) groups is 1. The van der Waals surface area contributed by atoms with Crippen molar-refractivity contribution in [3.05, 3.63) is 29.5 Å². The molecule has 94 valence electrons. The number of nitrogens with zero attached hydrogens (tertiary/aromatic N) is 2.